The number of allylic oxidation sites excluding steroid dienone is 4. The Bertz CT molecular complexity index is 977. The van der Waals surface area contributed by atoms with Crippen molar-refractivity contribution in [3.05, 3.63) is 24.3 Å². The van der Waals surface area contributed by atoms with Gasteiger partial charge in [-0.05, 0) is 44.9 Å². The minimum Gasteiger partial charge on any atom is -0.457 e. The van der Waals surface area contributed by atoms with E-state index in [2.05, 4.69) is 38.2 Å². The minimum absolute atomic E-state index is 0.0927. The summed E-state index contributed by atoms with van der Waals surface area (Å²) in [6.45, 7) is 4.97. The van der Waals surface area contributed by atoms with Gasteiger partial charge in [0.25, 0.3) is 0 Å². The van der Waals surface area contributed by atoms with E-state index in [1.54, 1.807) is 0 Å². The molecule has 0 heterocycles. The lowest BCUT2D eigenvalue weighted by Crippen LogP contribution is -2.28. The first-order valence-electron chi connectivity index (χ1n) is 25.8. The molecule has 0 fully saturated rings. The highest BCUT2D eigenvalue weighted by molar-refractivity contribution is 7.47. The molecular weight excluding hydrogens is 770 g/mol. The summed E-state index contributed by atoms with van der Waals surface area (Å²) in [6, 6.07) is 0. The summed E-state index contributed by atoms with van der Waals surface area (Å²) in [5.41, 5.74) is 5.39. The Hall–Kier alpha value is -1.02. The van der Waals surface area contributed by atoms with Gasteiger partial charge in [-0.2, -0.15) is 0 Å². The lowest BCUT2D eigenvalue weighted by atomic mass is 10.0. The first-order chi connectivity index (χ1) is 29.4. The SMILES string of the molecule is CCCCCCC/C=C\C/C=C\CCCCCCCCCCCCCCCC(=O)OC(COCCCCCCCCCCCCCCCCCC)COP(=O)(O)OCCN. The summed E-state index contributed by atoms with van der Waals surface area (Å²) >= 11 is 0. The molecule has 8 nitrogen and oxygen atoms in total. The van der Waals surface area contributed by atoms with Crippen molar-refractivity contribution in [2.75, 3.05) is 33.0 Å². The van der Waals surface area contributed by atoms with Gasteiger partial charge in [0, 0.05) is 19.6 Å². The van der Waals surface area contributed by atoms with Crippen molar-refractivity contribution in [1.82, 2.24) is 0 Å². The van der Waals surface area contributed by atoms with Gasteiger partial charge in [-0.3, -0.25) is 13.8 Å². The Morgan fingerprint density at radius 1 is 0.500 bits per heavy atom. The van der Waals surface area contributed by atoms with Gasteiger partial charge in [0.2, 0.25) is 0 Å². The van der Waals surface area contributed by atoms with Crippen LogP contribution in [0, 0.1) is 0 Å². The number of carbonyl (C=O) groups excluding carboxylic acids is 1. The summed E-state index contributed by atoms with van der Waals surface area (Å²) < 4.78 is 33.6. The lowest BCUT2D eigenvalue weighted by Gasteiger charge is -2.20. The largest absolute Gasteiger partial charge is 0.472 e. The Kier molecular flexibility index (Phi) is 48.2. The number of unbranched alkanes of at least 4 members (excludes halogenated alkanes) is 33. The molecule has 0 rings (SSSR count). The molecule has 60 heavy (non-hydrogen) atoms. The van der Waals surface area contributed by atoms with Gasteiger partial charge in [0.1, 0.15) is 6.10 Å². The second kappa shape index (κ2) is 49.0. The van der Waals surface area contributed by atoms with E-state index in [9.17, 15) is 14.3 Å². The van der Waals surface area contributed by atoms with Crippen LogP contribution in [0.15, 0.2) is 24.3 Å². The van der Waals surface area contributed by atoms with Crippen LogP contribution in [0.2, 0.25) is 0 Å². The van der Waals surface area contributed by atoms with Crippen LogP contribution in [0.1, 0.15) is 258 Å². The van der Waals surface area contributed by atoms with Crippen LogP contribution in [0.3, 0.4) is 0 Å². The van der Waals surface area contributed by atoms with Gasteiger partial charge < -0.3 is 20.1 Å². The quantitative estimate of drug-likeness (QED) is 0.0269. The molecule has 0 aliphatic carbocycles. The van der Waals surface area contributed by atoms with Crippen LogP contribution in [-0.4, -0.2) is 49.9 Å². The lowest BCUT2D eigenvalue weighted by molar-refractivity contribution is -0.154. The standard InChI is InChI=1S/C51H100NO7P/c1-3-5-7-9-11-13-15-17-19-21-22-23-24-25-26-27-28-29-30-32-34-36-38-40-42-44-51(53)59-50(49-58-60(54,55)57-47-45-52)48-56-46-43-41-39-37-35-33-31-20-18-16-14-12-10-8-6-4-2/h15,17,21-22,50H,3-14,16,18-20,23-49,52H2,1-2H3,(H,54,55)/b17-15-,22-21-. The number of phosphoric ester groups is 1. The third kappa shape index (κ3) is 48.0. The Labute approximate surface area is 372 Å². The highest BCUT2D eigenvalue weighted by Gasteiger charge is 2.25. The minimum atomic E-state index is -4.28. The van der Waals surface area contributed by atoms with E-state index >= 15 is 0 Å². The molecule has 0 bridgehead atoms. The zero-order chi connectivity index (χ0) is 43.7. The molecule has 0 radical (unpaired) electrons. The van der Waals surface area contributed by atoms with Gasteiger partial charge >= 0.3 is 13.8 Å². The Morgan fingerprint density at radius 2 is 0.883 bits per heavy atom. The number of hydrogen-bond acceptors (Lipinski definition) is 7. The van der Waals surface area contributed by atoms with Crippen LogP contribution in [0.4, 0.5) is 0 Å². The van der Waals surface area contributed by atoms with E-state index in [1.807, 2.05) is 0 Å². The molecule has 0 saturated heterocycles. The fraction of sp³-hybridized carbons (Fsp3) is 0.902. The highest BCUT2D eigenvalue weighted by Crippen LogP contribution is 2.43. The molecule has 0 aromatic carbocycles. The summed E-state index contributed by atoms with van der Waals surface area (Å²) in [4.78, 5) is 22.6. The number of esters is 1. The van der Waals surface area contributed by atoms with Gasteiger partial charge in [-0.1, -0.05) is 231 Å². The normalized spacial score (nSPS) is 13.5. The van der Waals surface area contributed by atoms with E-state index in [1.165, 1.54) is 199 Å². The molecule has 0 aromatic heterocycles. The maximum atomic E-state index is 12.7. The van der Waals surface area contributed by atoms with Gasteiger partial charge in [0.05, 0.1) is 19.8 Å². The Morgan fingerprint density at radius 3 is 1.30 bits per heavy atom. The maximum absolute atomic E-state index is 12.7. The fourth-order valence-electron chi connectivity index (χ4n) is 7.56. The third-order valence-corrected chi connectivity index (χ3v) is 12.4. The van der Waals surface area contributed by atoms with E-state index in [4.69, 9.17) is 24.3 Å². The van der Waals surface area contributed by atoms with Crippen molar-refractivity contribution in [1.29, 1.82) is 0 Å². The summed E-state index contributed by atoms with van der Waals surface area (Å²) in [7, 11) is -4.28. The van der Waals surface area contributed by atoms with Crippen LogP contribution in [0.25, 0.3) is 0 Å². The summed E-state index contributed by atoms with van der Waals surface area (Å²) in [6.07, 6.45) is 56.4. The van der Waals surface area contributed by atoms with E-state index in [0.717, 1.165) is 38.5 Å². The van der Waals surface area contributed by atoms with Crippen molar-refractivity contribution < 1.29 is 32.8 Å². The average Bonchev–Trinajstić information content (AvgIpc) is 3.24. The van der Waals surface area contributed by atoms with Crippen LogP contribution >= 0.6 is 7.82 Å². The van der Waals surface area contributed by atoms with Crippen molar-refractivity contribution >= 4 is 13.8 Å². The van der Waals surface area contributed by atoms with Crippen molar-refractivity contribution in [3.63, 3.8) is 0 Å². The zero-order valence-corrected chi connectivity index (χ0v) is 40.6. The molecule has 356 valence electrons. The molecule has 3 N–H and O–H groups in total. The third-order valence-electron chi connectivity index (χ3n) is 11.4. The number of phosphoric acid groups is 1. The van der Waals surface area contributed by atoms with E-state index in [0.29, 0.717) is 13.0 Å². The molecular formula is C51H100NO7P. The monoisotopic (exact) mass is 870 g/mol. The van der Waals surface area contributed by atoms with Crippen molar-refractivity contribution in [2.45, 2.75) is 264 Å². The maximum Gasteiger partial charge on any atom is 0.472 e. The first-order valence-corrected chi connectivity index (χ1v) is 27.3. The fourth-order valence-corrected chi connectivity index (χ4v) is 8.32. The van der Waals surface area contributed by atoms with Gasteiger partial charge in [0.15, 0.2) is 0 Å². The Balaban J connectivity index is 3.88. The van der Waals surface area contributed by atoms with E-state index < -0.39 is 13.9 Å². The van der Waals surface area contributed by atoms with Crippen LogP contribution < -0.4 is 5.73 Å². The molecule has 0 aliphatic rings. The molecule has 2 unspecified atom stereocenters. The molecule has 0 aromatic rings. The van der Waals surface area contributed by atoms with Crippen LogP contribution in [0.5, 0.6) is 0 Å². The summed E-state index contributed by atoms with van der Waals surface area (Å²) in [5.74, 6) is -0.326. The van der Waals surface area contributed by atoms with Crippen molar-refractivity contribution in [2.24, 2.45) is 5.73 Å². The smallest absolute Gasteiger partial charge is 0.457 e. The average molecular weight is 870 g/mol. The number of hydrogen-bond donors (Lipinski definition) is 2. The van der Waals surface area contributed by atoms with Gasteiger partial charge in [-0.25, -0.2) is 4.57 Å². The molecule has 2 atom stereocenters. The number of rotatable bonds is 50. The first kappa shape index (κ1) is 59.0. The van der Waals surface area contributed by atoms with Crippen LogP contribution in [-0.2, 0) is 27.9 Å². The number of ether oxygens (including phenoxy) is 2. The molecule has 9 heteroatoms. The van der Waals surface area contributed by atoms with Gasteiger partial charge in [-0.15, -0.1) is 0 Å². The second-order valence-corrected chi connectivity index (χ2v) is 18.8. The topological polar surface area (TPSA) is 117 Å². The second-order valence-electron chi connectivity index (χ2n) is 17.4. The van der Waals surface area contributed by atoms with E-state index in [-0.39, 0.29) is 32.3 Å². The molecule has 0 spiro atoms. The van der Waals surface area contributed by atoms with Crippen molar-refractivity contribution in [3.8, 4) is 0 Å². The molecule has 0 saturated carbocycles. The zero-order valence-electron chi connectivity index (χ0n) is 39.7. The molecule has 0 amide bonds. The number of carbonyl (C=O) groups is 1. The predicted molar refractivity (Wildman–Crippen MR) is 257 cm³/mol. The summed E-state index contributed by atoms with van der Waals surface area (Å²) in [5, 5.41) is 0. The highest BCUT2D eigenvalue weighted by atomic mass is 31.2. The number of nitrogens with two attached hydrogens (primary N) is 1. The molecule has 0 aliphatic heterocycles. The predicted octanol–water partition coefficient (Wildman–Crippen LogP) is 16.0.